The highest BCUT2D eigenvalue weighted by molar-refractivity contribution is 5.94. The van der Waals surface area contributed by atoms with E-state index in [0.29, 0.717) is 30.4 Å². The molecule has 5 rings (SSSR count). The minimum absolute atomic E-state index is 0.224. The fourth-order valence-corrected chi connectivity index (χ4v) is 3.95. The smallest absolute Gasteiger partial charge is 0.251 e. The van der Waals surface area contributed by atoms with E-state index in [1.165, 1.54) is 0 Å². The van der Waals surface area contributed by atoms with Crippen molar-refractivity contribution >= 4 is 22.8 Å². The minimum Gasteiger partial charge on any atom is -0.375 e. The van der Waals surface area contributed by atoms with Crippen molar-refractivity contribution in [2.75, 3.05) is 25.6 Å². The molecule has 0 bridgehead atoms. The van der Waals surface area contributed by atoms with Gasteiger partial charge in [0.1, 0.15) is 0 Å². The van der Waals surface area contributed by atoms with Gasteiger partial charge in [0.25, 0.3) is 5.91 Å². The molecule has 0 unspecified atom stereocenters. The van der Waals surface area contributed by atoms with Crippen molar-refractivity contribution in [1.29, 1.82) is 5.26 Å². The maximum atomic E-state index is 12.8. The number of nitrogens with one attached hydrogen (secondary N) is 1. The van der Waals surface area contributed by atoms with Crippen molar-refractivity contribution in [3.8, 4) is 17.3 Å². The summed E-state index contributed by atoms with van der Waals surface area (Å²) in [5.41, 5.74) is 5.34. The molecule has 0 aliphatic carbocycles. The summed E-state index contributed by atoms with van der Waals surface area (Å²) >= 11 is 0. The number of carbonyl (C=O) groups is 1. The van der Waals surface area contributed by atoms with Gasteiger partial charge in [0.15, 0.2) is 0 Å². The molecule has 0 fully saturated rings. The Bertz CT molecular complexity index is 1440. The predicted molar refractivity (Wildman–Crippen MR) is 131 cm³/mol. The third-order valence-corrected chi connectivity index (χ3v) is 5.88. The molecule has 0 radical (unpaired) electrons. The number of nitrogens with zero attached hydrogens (tertiary/aromatic N) is 6. The minimum atomic E-state index is -0.363. The van der Waals surface area contributed by atoms with Gasteiger partial charge in [-0.25, -0.2) is 15.0 Å². The molecule has 1 aliphatic rings. The first-order chi connectivity index (χ1) is 17.0. The SMILES string of the molecule is CN(C)c1ncc(-c2ccc3cnc(CNC(=O)c4ccc5c(c4)[C@H](C#N)COC5)cc3n2)cn1. The lowest BCUT2D eigenvalue weighted by molar-refractivity contribution is 0.0945. The number of hydrogen-bond donors (Lipinski definition) is 1. The average Bonchev–Trinajstić information content (AvgIpc) is 2.90. The molecule has 1 N–H and O–H groups in total. The lowest BCUT2D eigenvalue weighted by Gasteiger charge is -2.21. The molecular formula is C26H23N7O2. The van der Waals surface area contributed by atoms with Crippen LogP contribution in [0.2, 0.25) is 0 Å². The van der Waals surface area contributed by atoms with Gasteiger partial charge in [-0.1, -0.05) is 6.07 Å². The van der Waals surface area contributed by atoms with E-state index < -0.39 is 0 Å². The van der Waals surface area contributed by atoms with Crippen LogP contribution < -0.4 is 10.2 Å². The zero-order chi connectivity index (χ0) is 24.4. The maximum Gasteiger partial charge on any atom is 0.251 e. The standard InChI is InChI=1S/C26H23N7O2/c1-33(2)26-30-11-20(12-31-26)23-6-5-17-10-28-21(8-24(17)32-23)13-29-25(34)16-3-4-18-14-35-15-19(9-27)22(18)7-16/h3-8,10-12,19H,13-15H2,1-2H3,(H,29,34)/t19-/m1/s1. The number of hydrogen-bond acceptors (Lipinski definition) is 8. The number of anilines is 1. The molecule has 35 heavy (non-hydrogen) atoms. The van der Waals surface area contributed by atoms with E-state index in [1.54, 1.807) is 30.7 Å². The number of ether oxygens (including phenoxy) is 1. The van der Waals surface area contributed by atoms with Crippen molar-refractivity contribution < 1.29 is 9.53 Å². The van der Waals surface area contributed by atoms with Crippen LogP contribution in [-0.2, 0) is 17.9 Å². The first kappa shape index (κ1) is 22.4. The largest absolute Gasteiger partial charge is 0.375 e. The van der Waals surface area contributed by atoms with E-state index in [0.717, 1.165) is 33.3 Å². The quantitative estimate of drug-likeness (QED) is 0.477. The number of nitriles is 1. The summed E-state index contributed by atoms with van der Waals surface area (Å²) in [6.45, 7) is 1.05. The van der Waals surface area contributed by atoms with Crippen molar-refractivity contribution in [3.63, 3.8) is 0 Å². The number of amides is 1. The van der Waals surface area contributed by atoms with Crippen molar-refractivity contribution in [2.24, 2.45) is 0 Å². The van der Waals surface area contributed by atoms with Crippen LogP contribution in [0.5, 0.6) is 0 Å². The average molecular weight is 466 g/mol. The van der Waals surface area contributed by atoms with Gasteiger partial charge in [0.2, 0.25) is 5.95 Å². The molecular weight excluding hydrogens is 442 g/mol. The van der Waals surface area contributed by atoms with Gasteiger partial charge in [-0.05, 0) is 41.5 Å². The Labute approximate surface area is 202 Å². The Morgan fingerprint density at radius 1 is 1.14 bits per heavy atom. The van der Waals surface area contributed by atoms with Gasteiger partial charge in [-0.2, -0.15) is 5.26 Å². The molecule has 1 aliphatic heterocycles. The summed E-state index contributed by atoms with van der Waals surface area (Å²) in [7, 11) is 3.78. The second-order valence-electron chi connectivity index (χ2n) is 8.52. The predicted octanol–water partition coefficient (Wildman–Crippen LogP) is 3.22. The second-order valence-corrected chi connectivity index (χ2v) is 8.52. The summed E-state index contributed by atoms with van der Waals surface area (Å²) in [5, 5.41) is 13.2. The molecule has 1 atom stereocenters. The molecule has 0 saturated carbocycles. The van der Waals surface area contributed by atoms with E-state index in [-0.39, 0.29) is 18.4 Å². The van der Waals surface area contributed by atoms with E-state index in [4.69, 9.17) is 9.72 Å². The second kappa shape index (κ2) is 9.44. The van der Waals surface area contributed by atoms with E-state index >= 15 is 0 Å². The van der Waals surface area contributed by atoms with Crippen molar-refractivity contribution in [2.45, 2.75) is 19.1 Å². The highest BCUT2D eigenvalue weighted by Gasteiger charge is 2.22. The van der Waals surface area contributed by atoms with Crippen molar-refractivity contribution in [3.05, 3.63) is 77.4 Å². The molecule has 174 valence electrons. The third kappa shape index (κ3) is 4.65. The van der Waals surface area contributed by atoms with Crippen LogP contribution >= 0.6 is 0 Å². The van der Waals surface area contributed by atoms with E-state index in [1.807, 2.05) is 43.3 Å². The van der Waals surface area contributed by atoms with E-state index in [2.05, 4.69) is 26.3 Å². The van der Waals surface area contributed by atoms with Crippen LogP contribution in [0.25, 0.3) is 22.2 Å². The van der Waals surface area contributed by atoms with E-state index in [9.17, 15) is 10.1 Å². The van der Waals surface area contributed by atoms with Gasteiger partial charge in [-0.15, -0.1) is 0 Å². The highest BCUT2D eigenvalue weighted by Crippen LogP contribution is 2.27. The van der Waals surface area contributed by atoms with Gasteiger partial charge < -0.3 is 15.0 Å². The van der Waals surface area contributed by atoms with Crippen LogP contribution in [-0.4, -0.2) is 46.5 Å². The maximum absolute atomic E-state index is 12.8. The number of aromatic nitrogens is 4. The molecule has 0 spiro atoms. The zero-order valence-electron chi connectivity index (χ0n) is 19.4. The number of carbonyl (C=O) groups excluding carboxylic acids is 1. The molecule has 4 heterocycles. The third-order valence-electron chi connectivity index (χ3n) is 5.88. The first-order valence-electron chi connectivity index (χ1n) is 11.2. The summed E-state index contributed by atoms with van der Waals surface area (Å²) in [4.78, 5) is 32.5. The number of fused-ring (bicyclic) bond motifs is 2. The van der Waals surface area contributed by atoms with Crippen LogP contribution in [0.3, 0.4) is 0 Å². The first-order valence-corrected chi connectivity index (χ1v) is 11.2. The fourth-order valence-electron chi connectivity index (χ4n) is 3.95. The Kier molecular flexibility index (Phi) is 6.04. The summed E-state index contributed by atoms with van der Waals surface area (Å²) in [6.07, 6.45) is 5.25. The van der Waals surface area contributed by atoms with Gasteiger partial charge in [0.05, 0.1) is 48.7 Å². The molecule has 9 heteroatoms. The van der Waals surface area contributed by atoms with Crippen LogP contribution in [0.15, 0.2) is 55.0 Å². The fraction of sp³-hybridized carbons (Fsp3) is 0.231. The number of benzene rings is 1. The normalized spacial score (nSPS) is 14.7. The summed E-state index contributed by atoms with van der Waals surface area (Å²) in [5.74, 6) is 0.0447. The molecule has 0 saturated heterocycles. The van der Waals surface area contributed by atoms with Crippen LogP contribution in [0.1, 0.15) is 33.1 Å². The summed E-state index contributed by atoms with van der Waals surface area (Å²) in [6, 6.07) is 13.4. The molecule has 3 aromatic heterocycles. The summed E-state index contributed by atoms with van der Waals surface area (Å²) < 4.78 is 5.45. The Morgan fingerprint density at radius 3 is 2.74 bits per heavy atom. The monoisotopic (exact) mass is 465 g/mol. The lowest BCUT2D eigenvalue weighted by Crippen LogP contribution is -2.24. The molecule has 4 aromatic rings. The van der Waals surface area contributed by atoms with Crippen molar-refractivity contribution in [1.82, 2.24) is 25.3 Å². The van der Waals surface area contributed by atoms with Crippen LogP contribution in [0, 0.1) is 11.3 Å². The van der Waals surface area contributed by atoms with Gasteiger partial charge in [0, 0.05) is 49.2 Å². The van der Waals surface area contributed by atoms with Gasteiger partial charge in [-0.3, -0.25) is 9.78 Å². The van der Waals surface area contributed by atoms with Gasteiger partial charge >= 0.3 is 0 Å². The topological polar surface area (TPSA) is 117 Å². The molecule has 9 nitrogen and oxygen atoms in total. The van der Waals surface area contributed by atoms with Crippen LogP contribution in [0.4, 0.5) is 5.95 Å². The Morgan fingerprint density at radius 2 is 1.97 bits per heavy atom. The zero-order valence-corrected chi connectivity index (χ0v) is 19.4. The molecule has 1 aromatic carbocycles. The lowest BCUT2D eigenvalue weighted by atomic mass is 9.92. The Balaban J connectivity index is 1.32. The highest BCUT2D eigenvalue weighted by atomic mass is 16.5. The number of rotatable bonds is 5. The number of pyridine rings is 2. The molecule has 1 amide bonds. The Hall–Kier alpha value is -4.42.